The third kappa shape index (κ3) is 3.15. The normalized spacial score (nSPS) is 16.3. The zero-order chi connectivity index (χ0) is 18.1. The van der Waals surface area contributed by atoms with Crippen LogP contribution in [0.15, 0.2) is 45.6 Å². The smallest absolute Gasteiger partial charge is 0.204 e. The number of quaternary nitrogens is 1. The van der Waals surface area contributed by atoms with E-state index in [2.05, 4.69) is 7.05 Å². The van der Waals surface area contributed by atoms with Crippen molar-refractivity contribution >= 4 is 21.9 Å². The Morgan fingerprint density at radius 3 is 2.73 bits per heavy atom. The predicted octanol–water partition coefficient (Wildman–Crippen LogP) is 3.66. The average molecular weight is 354 g/mol. The first-order valence-corrected chi connectivity index (χ1v) is 9.21. The molecule has 5 heteroatoms. The molecule has 3 aromatic rings. The summed E-state index contributed by atoms with van der Waals surface area (Å²) >= 11 is 0. The molecular formula is C21H24NO4+. The zero-order valence-electron chi connectivity index (χ0n) is 15.0. The molecule has 0 saturated carbocycles. The molecule has 0 aliphatic carbocycles. The van der Waals surface area contributed by atoms with Crippen molar-refractivity contribution in [2.75, 3.05) is 33.3 Å². The topological polar surface area (TPSA) is 59.7 Å². The Bertz CT molecular complexity index is 1000. The number of hydrogen-bond acceptors (Lipinski definition) is 4. The minimum atomic E-state index is -0.225. The van der Waals surface area contributed by atoms with Crippen LogP contribution >= 0.6 is 0 Å². The van der Waals surface area contributed by atoms with Crippen LogP contribution in [0.3, 0.4) is 0 Å². The van der Waals surface area contributed by atoms with Gasteiger partial charge >= 0.3 is 0 Å². The molecule has 0 spiro atoms. The summed E-state index contributed by atoms with van der Waals surface area (Å²) in [5.74, 6) is 0.424. The molecule has 1 saturated heterocycles. The number of phenols is 1. The van der Waals surface area contributed by atoms with Crippen LogP contribution in [0, 0.1) is 0 Å². The van der Waals surface area contributed by atoms with Crippen LogP contribution in [-0.4, -0.2) is 42.9 Å². The number of fused-ring (bicyclic) bond motifs is 2. The first kappa shape index (κ1) is 16.9. The van der Waals surface area contributed by atoms with Crippen LogP contribution in [-0.2, 0) is 0 Å². The standard InChI is InChI=1S/C21H23NO4/c1-22(9-4-5-10-22)11-6-12-25-15-13-17(23)20-19(14-15)26-18-8-3-2-7-16(18)21(20)24/h2-3,7-8,13-14H,4-6,9-12H2,1H3/p+1. The average Bonchev–Trinajstić information content (AvgIpc) is 3.05. The lowest BCUT2D eigenvalue weighted by Crippen LogP contribution is -2.42. The fourth-order valence-electron chi connectivity index (χ4n) is 3.92. The number of para-hydroxylation sites is 1. The zero-order valence-corrected chi connectivity index (χ0v) is 15.0. The summed E-state index contributed by atoms with van der Waals surface area (Å²) in [6.45, 7) is 4.17. The monoisotopic (exact) mass is 354 g/mol. The minimum Gasteiger partial charge on any atom is -0.507 e. The maximum absolute atomic E-state index is 12.6. The van der Waals surface area contributed by atoms with Gasteiger partial charge in [-0.1, -0.05) is 12.1 Å². The molecule has 2 aromatic carbocycles. The van der Waals surface area contributed by atoms with Gasteiger partial charge in [-0.3, -0.25) is 4.79 Å². The highest BCUT2D eigenvalue weighted by Crippen LogP contribution is 2.30. The van der Waals surface area contributed by atoms with Gasteiger partial charge in [-0.15, -0.1) is 0 Å². The number of likely N-dealkylation sites (tertiary alicyclic amines) is 1. The molecule has 26 heavy (non-hydrogen) atoms. The lowest BCUT2D eigenvalue weighted by atomic mass is 10.1. The maximum atomic E-state index is 12.6. The molecule has 0 amide bonds. The second kappa shape index (κ2) is 6.65. The van der Waals surface area contributed by atoms with Crippen LogP contribution in [0.4, 0.5) is 0 Å². The second-order valence-electron chi connectivity index (χ2n) is 7.44. The van der Waals surface area contributed by atoms with Gasteiger partial charge in [-0.25, -0.2) is 0 Å². The molecule has 1 N–H and O–H groups in total. The van der Waals surface area contributed by atoms with Crippen LogP contribution in [0.25, 0.3) is 21.9 Å². The molecule has 0 unspecified atom stereocenters. The van der Waals surface area contributed by atoms with Crippen molar-refractivity contribution in [1.29, 1.82) is 0 Å². The highest BCUT2D eigenvalue weighted by Gasteiger charge is 2.25. The Morgan fingerprint density at radius 1 is 1.15 bits per heavy atom. The van der Waals surface area contributed by atoms with Crippen LogP contribution < -0.4 is 10.2 Å². The van der Waals surface area contributed by atoms with E-state index < -0.39 is 0 Å². The van der Waals surface area contributed by atoms with Gasteiger partial charge in [0.1, 0.15) is 28.1 Å². The van der Waals surface area contributed by atoms with E-state index in [-0.39, 0.29) is 16.6 Å². The van der Waals surface area contributed by atoms with E-state index in [9.17, 15) is 9.90 Å². The summed E-state index contributed by atoms with van der Waals surface area (Å²) in [5.41, 5.74) is 0.632. The number of nitrogens with zero attached hydrogens (tertiary/aromatic N) is 1. The molecule has 2 heterocycles. The van der Waals surface area contributed by atoms with Crippen molar-refractivity contribution in [1.82, 2.24) is 0 Å². The molecule has 1 aromatic heterocycles. The van der Waals surface area contributed by atoms with Crippen molar-refractivity contribution in [3.8, 4) is 11.5 Å². The Kier molecular flexibility index (Phi) is 4.32. The quantitative estimate of drug-likeness (QED) is 0.431. The fourth-order valence-corrected chi connectivity index (χ4v) is 3.92. The summed E-state index contributed by atoms with van der Waals surface area (Å²) in [5, 5.41) is 11.0. The lowest BCUT2D eigenvalue weighted by Gasteiger charge is -2.29. The van der Waals surface area contributed by atoms with Crippen molar-refractivity contribution < 1.29 is 18.7 Å². The van der Waals surface area contributed by atoms with Gasteiger partial charge in [0.15, 0.2) is 0 Å². The Balaban J connectivity index is 1.55. The van der Waals surface area contributed by atoms with Crippen molar-refractivity contribution in [2.45, 2.75) is 19.3 Å². The van der Waals surface area contributed by atoms with E-state index >= 15 is 0 Å². The van der Waals surface area contributed by atoms with Gasteiger partial charge < -0.3 is 18.7 Å². The van der Waals surface area contributed by atoms with Gasteiger partial charge in [-0.2, -0.15) is 0 Å². The number of hydrogen-bond donors (Lipinski definition) is 1. The molecule has 0 atom stereocenters. The summed E-state index contributed by atoms with van der Waals surface area (Å²) in [7, 11) is 2.30. The van der Waals surface area contributed by atoms with E-state index in [4.69, 9.17) is 9.15 Å². The fraction of sp³-hybridized carbons (Fsp3) is 0.381. The summed E-state index contributed by atoms with van der Waals surface area (Å²) in [6, 6.07) is 10.2. The van der Waals surface area contributed by atoms with Crippen LogP contribution in [0.5, 0.6) is 11.5 Å². The molecule has 136 valence electrons. The number of ether oxygens (including phenoxy) is 1. The van der Waals surface area contributed by atoms with Gasteiger partial charge in [0.05, 0.1) is 38.7 Å². The third-order valence-corrected chi connectivity index (χ3v) is 5.39. The largest absolute Gasteiger partial charge is 0.507 e. The third-order valence-electron chi connectivity index (χ3n) is 5.39. The predicted molar refractivity (Wildman–Crippen MR) is 102 cm³/mol. The van der Waals surface area contributed by atoms with Crippen molar-refractivity contribution in [2.24, 2.45) is 0 Å². The highest BCUT2D eigenvalue weighted by molar-refractivity contribution is 5.93. The summed E-state index contributed by atoms with van der Waals surface area (Å²) in [6.07, 6.45) is 3.57. The summed E-state index contributed by atoms with van der Waals surface area (Å²) in [4.78, 5) is 12.6. The van der Waals surface area contributed by atoms with Crippen LogP contribution in [0.1, 0.15) is 19.3 Å². The van der Waals surface area contributed by atoms with Crippen molar-refractivity contribution in [3.63, 3.8) is 0 Å². The molecule has 4 rings (SSSR count). The van der Waals surface area contributed by atoms with Gasteiger partial charge in [0.25, 0.3) is 0 Å². The molecule has 1 aliphatic heterocycles. The second-order valence-corrected chi connectivity index (χ2v) is 7.44. The Labute approximate surface area is 152 Å². The van der Waals surface area contributed by atoms with E-state index in [1.165, 1.54) is 32.0 Å². The number of rotatable bonds is 5. The minimum absolute atomic E-state index is 0.101. The molecular weight excluding hydrogens is 330 g/mol. The highest BCUT2D eigenvalue weighted by atomic mass is 16.5. The van der Waals surface area contributed by atoms with E-state index in [0.29, 0.717) is 28.9 Å². The first-order valence-electron chi connectivity index (χ1n) is 9.21. The molecule has 5 nitrogen and oxygen atoms in total. The molecule has 1 aliphatic rings. The molecule has 0 bridgehead atoms. The maximum Gasteiger partial charge on any atom is 0.204 e. The van der Waals surface area contributed by atoms with Gasteiger partial charge in [0.2, 0.25) is 5.43 Å². The van der Waals surface area contributed by atoms with Crippen molar-refractivity contribution in [3.05, 3.63) is 46.6 Å². The lowest BCUT2D eigenvalue weighted by molar-refractivity contribution is -0.897. The Hall–Kier alpha value is -2.53. The molecule has 0 radical (unpaired) electrons. The number of phenolic OH excluding ortho intramolecular Hbond substituents is 1. The van der Waals surface area contributed by atoms with E-state index in [0.717, 1.165) is 17.4 Å². The Morgan fingerprint density at radius 2 is 1.92 bits per heavy atom. The number of benzene rings is 2. The van der Waals surface area contributed by atoms with E-state index in [1.54, 1.807) is 24.3 Å². The molecule has 1 fully saturated rings. The van der Waals surface area contributed by atoms with Gasteiger partial charge in [0, 0.05) is 31.4 Å². The van der Waals surface area contributed by atoms with Gasteiger partial charge in [-0.05, 0) is 12.1 Å². The first-order chi connectivity index (χ1) is 12.6. The van der Waals surface area contributed by atoms with Crippen LogP contribution in [0.2, 0.25) is 0 Å². The SMILES string of the molecule is C[N+]1(CCCOc2cc(O)c3c(=O)c4ccccc4oc3c2)CCCC1. The van der Waals surface area contributed by atoms with E-state index in [1.807, 2.05) is 6.07 Å². The number of aromatic hydroxyl groups is 1. The summed E-state index contributed by atoms with van der Waals surface area (Å²) < 4.78 is 12.7.